The Hall–Kier alpha value is -4.93. The first-order valence-electron chi connectivity index (χ1n) is 20.8. The Morgan fingerprint density at radius 2 is 1.21 bits per heavy atom. The van der Waals surface area contributed by atoms with E-state index >= 15 is 0 Å². The quantitative estimate of drug-likeness (QED) is 0.0696. The van der Waals surface area contributed by atoms with Gasteiger partial charge in [-0.05, 0) is 63.5 Å². The number of fused-ring (bicyclic) bond motifs is 1. The van der Waals surface area contributed by atoms with Crippen LogP contribution in [0.15, 0.2) is 30.3 Å². The number of carbonyl (C=O) groups is 9. The first kappa shape index (κ1) is 51.4. The van der Waals surface area contributed by atoms with E-state index < -0.39 is 120 Å². The molecule has 1 aromatic carbocycles. The van der Waals surface area contributed by atoms with Gasteiger partial charge in [-0.1, -0.05) is 44.2 Å². The van der Waals surface area contributed by atoms with Crippen molar-refractivity contribution in [1.82, 2.24) is 42.1 Å². The fraction of sp³-hybridized carbons (Fsp3) is 0.625. The molecule has 0 unspecified atom stereocenters. The highest BCUT2D eigenvalue weighted by atomic mass is 32.1. The summed E-state index contributed by atoms with van der Waals surface area (Å²) in [6.07, 6.45) is -0.774. The highest BCUT2D eigenvalue weighted by molar-refractivity contribution is 7.80. The van der Waals surface area contributed by atoms with Crippen LogP contribution in [-0.4, -0.2) is 142 Å². The molecule has 9 amide bonds. The zero-order valence-electron chi connectivity index (χ0n) is 35.3. The van der Waals surface area contributed by atoms with Gasteiger partial charge >= 0.3 is 0 Å². The molecule has 0 radical (unpaired) electrons. The number of hydrogen-bond acceptors (Lipinski definition) is 13. The van der Waals surface area contributed by atoms with Gasteiger partial charge in [0.15, 0.2) is 0 Å². The molecular formula is C40H62N10O10S2. The van der Waals surface area contributed by atoms with Crippen molar-refractivity contribution in [3.8, 4) is 0 Å². The van der Waals surface area contributed by atoms with Crippen molar-refractivity contribution >= 4 is 78.4 Å². The number of amides is 9. The Morgan fingerprint density at radius 1 is 0.694 bits per heavy atom. The van der Waals surface area contributed by atoms with Gasteiger partial charge < -0.3 is 58.7 Å². The number of unbranched alkanes of at least 4 members (excludes halogenated alkanes) is 1. The minimum atomic E-state index is -1.70. The molecule has 2 saturated heterocycles. The second-order valence-electron chi connectivity index (χ2n) is 15.8. The molecule has 12 N–H and O–H groups in total. The summed E-state index contributed by atoms with van der Waals surface area (Å²) in [5, 5.41) is 28.7. The molecule has 20 nitrogen and oxygen atoms in total. The third kappa shape index (κ3) is 15.2. The third-order valence-electron chi connectivity index (χ3n) is 10.6. The van der Waals surface area contributed by atoms with Crippen molar-refractivity contribution in [2.75, 3.05) is 24.6 Å². The van der Waals surface area contributed by atoms with Gasteiger partial charge in [-0.2, -0.15) is 25.3 Å². The Kier molecular flexibility index (Phi) is 20.9. The standard InChI is InChI=1S/C40H62N10O10S2/c1-21(2)31-38(58)43-24(12-7-8-16-41)34(54)49-32(22(3)51)39(59)44-25(14-15-30(42)52)33(53)46-27(19-61)36(56)47-28(20-62)40(60)50-17-9-13-29(50)37(57)45-26(35(55)48-31)18-23-10-5-4-6-11-23/h4-6,10-11,21-22,24-29,31-32,51,61-62H,7-9,12-20,41H2,1-3H3,(H2,42,52)(H,43,58)(H,44,59)(H,45,57)(H,46,53)(H,47,56)(H,48,55)(H,49,54)/t22-,24+,25+,26+,27+,28+,29+,31+,32+/m1/s1. The van der Waals surface area contributed by atoms with Crippen LogP contribution in [0.4, 0.5) is 0 Å². The molecule has 0 bridgehead atoms. The lowest BCUT2D eigenvalue weighted by Gasteiger charge is -2.31. The summed E-state index contributed by atoms with van der Waals surface area (Å²) in [4.78, 5) is 124. The predicted octanol–water partition coefficient (Wildman–Crippen LogP) is -3.08. The van der Waals surface area contributed by atoms with Gasteiger partial charge in [0, 0.05) is 30.9 Å². The number of thiol groups is 2. The van der Waals surface area contributed by atoms with Crippen molar-refractivity contribution in [2.24, 2.45) is 17.4 Å². The molecule has 2 aliphatic rings. The first-order valence-corrected chi connectivity index (χ1v) is 22.0. The van der Waals surface area contributed by atoms with Crippen LogP contribution in [-0.2, 0) is 49.6 Å². The molecule has 9 atom stereocenters. The maximum absolute atomic E-state index is 14.2. The van der Waals surface area contributed by atoms with Gasteiger partial charge in [0.25, 0.3) is 0 Å². The fourth-order valence-electron chi connectivity index (χ4n) is 7.04. The summed E-state index contributed by atoms with van der Waals surface area (Å²) in [5.74, 6) is -8.38. The van der Waals surface area contributed by atoms with Crippen LogP contribution < -0.4 is 48.7 Å². The largest absolute Gasteiger partial charge is 0.391 e. The molecule has 22 heteroatoms. The average molecular weight is 907 g/mol. The topological polar surface area (TPSA) is 313 Å². The summed E-state index contributed by atoms with van der Waals surface area (Å²) in [6.45, 7) is 4.96. The lowest BCUT2D eigenvalue weighted by molar-refractivity contribution is -0.142. The number of primary amides is 1. The number of rotatable bonds is 13. The Labute approximate surface area is 372 Å². The lowest BCUT2D eigenvalue weighted by atomic mass is 9.99. The van der Waals surface area contributed by atoms with Crippen molar-refractivity contribution in [3.05, 3.63) is 35.9 Å². The zero-order valence-corrected chi connectivity index (χ0v) is 37.1. The van der Waals surface area contributed by atoms with E-state index in [9.17, 15) is 48.3 Å². The second kappa shape index (κ2) is 25.2. The number of nitrogens with two attached hydrogens (primary N) is 2. The molecule has 1 aromatic rings. The third-order valence-corrected chi connectivity index (χ3v) is 11.3. The normalized spacial score (nSPS) is 27.1. The smallest absolute Gasteiger partial charge is 0.246 e. The van der Waals surface area contributed by atoms with E-state index in [-0.39, 0.29) is 50.3 Å². The SMILES string of the molecule is CC(C)[C@@H]1NC(=O)[C@H](Cc2ccccc2)NC(=O)[C@@H]2CCCN2C(=O)[C@H](CS)NC(=O)[C@H](CS)NC(=O)[C@H](CCC(N)=O)NC(=O)[C@H]([C@@H](C)O)NC(=O)[C@H](CCCCN)NC1=O. The molecule has 3 rings (SSSR count). The van der Waals surface area contributed by atoms with Gasteiger partial charge in [0.05, 0.1) is 6.10 Å². The summed E-state index contributed by atoms with van der Waals surface area (Å²) in [6, 6.07) is -1.89. The number of carbonyl (C=O) groups excluding carboxylic acids is 9. The maximum atomic E-state index is 14.2. The van der Waals surface area contributed by atoms with Crippen LogP contribution in [0.3, 0.4) is 0 Å². The fourth-order valence-corrected chi connectivity index (χ4v) is 7.55. The lowest BCUT2D eigenvalue weighted by Crippen LogP contribution is -2.63. The molecule has 0 saturated carbocycles. The van der Waals surface area contributed by atoms with Crippen molar-refractivity contribution < 1.29 is 48.3 Å². The Bertz CT molecular complexity index is 1760. The van der Waals surface area contributed by atoms with Crippen LogP contribution in [0.1, 0.15) is 71.3 Å². The van der Waals surface area contributed by atoms with Crippen molar-refractivity contribution in [3.63, 3.8) is 0 Å². The molecule has 0 aliphatic carbocycles. The van der Waals surface area contributed by atoms with E-state index in [1.165, 1.54) is 11.8 Å². The summed E-state index contributed by atoms with van der Waals surface area (Å²) >= 11 is 8.49. The van der Waals surface area contributed by atoms with Gasteiger partial charge in [-0.3, -0.25) is 43.2 Å². The molecular weight excluding hydrogens is 845 g/mol. The molecule has 62 heavy (non-hydrogen) atoms. The van der Waals surface area contributed by atoms with E-state index in [0.29, 0.717) is 24.8 Å². The number of aliphatic hydroxyl groups is 1. The second-order valence-corrected chi connectivity index (χ2v) is 16.5. The first-order chi connectivity index (χ1) is 29.4. The maximum Gasteiger partial charge on any atom is 0.246 e. The van der Waals surface area contributed by atoms with Crippen LogP contribution in [0.2, 0.25) is 0 Å². The number of benzene rings is 1. The van der Waals surface area contributed by atoms with Crippen LogP contribution >= 0.6 is 25.3 Å². The number of hydrogen-bond donors (Lipinski definition) is 12. The molecule has 2 heterocycles. The van der Waals surface area contributed by atoms with Crippen molar-refractivity contribution in [2.45, 2.75) is 127 Å². The van der Waals surface area contributed by atoms with E-state index in [1.807, 2.05) is 0 Å². The van der Waals surface area contributed by atoms with Crippen LogP contribution in [0.5, 0.6) is 0 Å². The highest BCUT2D eigenvalue weighted by Gasteiger charge is 2.41. The minimum Gasteiger partial charge on any atom is -0.391 e. The average Bonchev–Trinajstić information content (AvgIpc) is 3.73. The van der Waals surface area contributed by atoms with E-state index in [2.05, 4.69) is 62.5 Å². The van der Waals surface area contributed by atoms with Gasteiger partial charge in [-0.15, -0.1) is 0 Å². The van der Waals surface area contributed by atoms with Gasteiger partial charge in [0.1, 0.15) is 48.3 Å². The minimum absolute atomic E-state index is 0.00791. The van der Waals surface area contributed by atoms with Gasteiger partial charge in [-0.25, -0.2) is 0 Å². The highest BCUT2D eigenvalue weighted by Crippen LogP contribution is 2.20. The molecule has 0 aromatic heterocycles. The Balaban J connectivity index is 2.11. The molecule has 344 valence electrons. The monoisotopic (exact) mass is 906 g/mol. The van der Waals surface area contributed by atoms with Crippen molar-refractivity contribution in [1.29, 1.82) is 0 Å². The zero-order chi connectivity index (χ0) is 46.1. The molecule has 0 spiro atoms. The summed E-state index contributed by atoms with van der Waals surface area (Å²) in [5.41, 5.74) is 11.7. The molecule has 2 aliphatic heterocycles. The van der Waals surface area contributed by atoms with Gasteiger partial charge in [0.2, 0.25) is 53.2 Å². The molecule has 2 fully saturated rings. The number of nitrogens with one attached hydrogen (secondary N) is 7. The Morgan fingerprint density at radius 3 is 1.79 bits per heavy atom. The van der Waals surface area contributed by atoms with E-state index in [1.54, 1.807) is 44.2 Å². The van der Waals surface area contributed by atoms with Crippen LogP contribution in [0, 0.1) is 5.92 Å². The van der Waals surface area contributed by atoms with E-state index in [0.717, 1.165) is 0 Å². The predicted molar refractivity (Wildman–Crippen MR) is 234 cm³/mol. The van der Waals surface area contributed by atoms with E-state index in [4.69, 9.17) is 11.5 Å². The number of nitrogens with zero attached hydrogens (tertiary/aromatic N) is 1. The number of aliphatic hydroxyl groups excluding tert-OH is 1. The summed E-state index contributed by atoms with van der Waals surface area (Å²) < 4.78 is 0. The summed E-state index contributed by atoms with van der Waals surface area (Å²) in [7, 11) is 0. The van der Waals surface area contributed by atoms with Crippen LogP contribution in [0.25, 0.3) is 0 Å².